The Morgan fingerprint density at radius 2 is 1.86 bits per heavy atom. The highest BCUT2D eigenvalue weighted by Gasteiger charge is 2.33. The van der Waals surface area contributed by atoms with Crippen molar-refractivity contribution in [2.24, 2.45) is 0 Å². The summed E-state index contributed by atoms with van der Waals surface area (Å²) in [5.41, 5.74) is 1.78. The van der Waals surface area contributed by atoms with Crippen LogP contribution in [0.1, 0.15) is 25.0 Å². The second kappa shape index (κ2) is 10.6. The Balaban J connectivity index is 1.47. The quantitative estimate of drug-likeness (QED) is 0.348. The van der Waals surface area contributed by atoms with Crippen LogP contribution in [-0.2, 0) is 16.0 Å². The highest BCUT2D eigenvalue weighted by Crippen LogP contribution is 2.34. The molecule has 2 saturated heterocycles. The number of ether oxygens (including phenoxy) is 2. The third-order valence-corrected chi connectivity index (χ3v) is 7.78. The van der Waals surface area contributed by atoms with Gasteiger partial charge in [0, 0.05) is 25.8 Å². The van der Waals surface area contributed by atoms with Gasteiger partial charge in [-0.1, -0.05) is 42.2 Å². The molecule has 2 aromatic heterocycles. The molecule has 4 heterocycles. The fourth-order valence-electron chi connectivity index (χ4n) is 4.67. The molecule has 2 aliphatic heterocycles. The third-order valence-electron chi connectivity index (χ3n) is 6.40. The van der Waals surface area contributed by atoms with Crippen LogP contribution in [0.15, 0.2) is 58.4 Å². The number of benzene rings is 1. The summed E-state index contributed by atoms with van der Waals surface area (Å²) >= 11 is 6.76. The van der Waals surface area contributed by atoms with Crippen molar-refractivity contribution in [3.63, 3.8) is 0 Å². The number of thiocarbonyl (C=S) groups is 1. The highest BCUT2D eigenvalue weighted by molar-refractivity contribution is 8.26. The molecule has 0 radical (unpaired) electrons. The van der Waals surface area contributed by atoms with Gasteiger partial charge >= 0.3 is 0 Å². The van der Waals surface area contributed by atoms with Gasteiger partial charge in [-0.05, 0) is 56.2 Å². The largest absolute Gasteiger partial charge is 0.497 e. The molecule has 0 N–H and O–H groups in total. The summed E-state index contributed by atoms with van der Waals surface area (Å²) in [5.74, 6) is 1.14. The number of morpholine rings is 1. The van der Waals surface area contributed by atoms with E-state index in [2.05, 4.69) is 4.90 Å². The molecule has 1 aromatic carbocycles. The Morgan fingerprint density at radius 3 is 2.57 bits per heavy atom. The second-order valence-corrected chi connectivity index (χ2v) is 10.9. The second-order valence-electron chi connectivity index (χ2n) is 9.18. The predicted octanol–water partition coefficient (Wildman–Crippen LogP) is 3.76. The zero-order chi connectivity index (χ0) is 26.1. The zero-order valence-electron chi connectivity index (χ0n) is 20.9. The summed E-state index contributed by atoms with van der Waals surface area (Å²) in [5, 5.41) is 0. The van der Waals surface area contributed by atoms with Crippen LogP contribution >= 0.6 is 24.0 Å². The van der Waals surface area contributed by atoms with Crippen molar-refractivity contribution in [1.82, 2.24) is 14.3 Å². The van der Waals surface area contributed by atoms with E-state index < -0.39 is 0 Å². The Labute approximate surface area is 224 Å². The Hall–Kier alpha value is -3.21. The average Bonchev–Trinajstić information content (AvgIpc) is 3.15. The number of hydrogen-bond acceptors (Lipinski definition) is 8. The molecular formula is C27H28N4O4S2. The van der Waals surface area contributed by atoms with Crippen LogP contribution in [-0.4, -0.2) is 63.5 Å². The fourth-order valence-corrected chi connectivity index (χ4v) is 5.96. The lowest BCUT2D eigenvalue weighted by molar-refractivity contribution is -0.122. The number of carbonyl (C=O) groups is 1. The SMILES string of the molecule is COc1ccc(CCN2C(=O)/C(=C/c3c(N4CC(C)OC(C)C4)nc4ccccn4c3=O)SC2=S)cc1. The van der Waals surface area contributed by atoms with Gasteiger partial charge in [-0.15, -0.1) is 0 Å². The van der Waals surface area contributed by atoms with Crippen LogP contribution in [0.3, 0.4) is 0 Å². The number of rotatable bonds is 6. The normalized spacial score (nSPS) is 21.3. The van der Waals surface area contributed by atoms with Crippen molar-refractivity contribution in [3.8, 4) is 5.75 Å². The summed E-state index contributed by atoms with van der Waals surface area (Å²) in [4.78, 5) is 35.9. The number of methoxy groups -OCH3 is 1. The van der Waals surface area contributed by atoms with Gasteiger partial charge in [-0.2, -0.15) is 0 Å². The number of nitrogens with zero attached hydrogens (tertiary/aromatic N) is 4. The predicted molar refractivity (Wildman–Crippen MR) is 150 cm³/mol. The van der Waals surface area contributed by atoms with Crippen molar-refractivity contribution in [2.45, 2.75) is 32.5 Å². The maximum atomic E-state index is 13.6. The molecule has 2 atom stereocenters. The van der Waals surface area contributed by atoms with Crippen LogP contribution in [0.25, 0.3) is 11.7 Å². The molecule has 2 fully saturated rings. The average molecular weight is 537 g/mol. The van der Waals surface area contributed by atoms with Crippen molar-refractivity contribution in [2.75, 3.05) is 31.6 Å². The van der Waals surface area contributed by atoms with Crippen molar-refractivity contribution in [3.05, 3.63) is 75.0 Å². The Kier molecular flexibility index (Phi) is 7.32. The number of amides is 1. The van der Waals surface area contributed by atoms with E-state index in [1.807, 2.05) is 44.2 Å². The van der Waals surface area contributed by atoms with E-state index in [1.54, 1.807) is 36.4 Å². The fraction of sp³-hybridized carbons (Fsp3) is 0.333. The molecule has 5 rings (SSSR count). The molecule has 0 spiro atoms. The number of hydrogen-bond donors (Lipinski definition) is 0. The monoisotopic (exact) mass is 536 g/mol. The molecule has 3 aromatic rings. The van der Waals surface area contributed by atoms with E-state index in [4.69, 9.17) is 26.7 Å². The Bertz CT molecular complexity index is 1430. The van der Waals surface area contributed by atoms with Gasteiger partial charge in [0.25, 0.3) is 11.5 Å². The van der Waals surface area contributed by atoms with E-state index in [9.17, 15) is 9.59 Å². The minimum atomic E-state index is -0.226. The first kappa shape index (κ1) is 25.4. The molecule has 0 saturated carbocycles. The summed E-state index contributed by atoms with van der Waals surface area (Å²) in [7, 11) is 1.63. The van der Waals surface area contributed by atoms with Crippen molar-refractivity contribution >= 4 is 51.7 Å². The number of thioether (sulfide) groups is 1. The van der Waals surface area contributed by atoms with Crippen LogP contribution in [0.2, 0.25) is 0 Å². The highest BCUT2D eigenvalue weighted by atomic mass is 32.2. The number of fused-ring (bicyclic) bond motifs is 1. The number of pyridine rings is 1. The van der Waals surface area contributed by atoms with Crippen molar-refractivity contribution in [1.29, 1.82) is 0 Å². The lowest BCUT2D eigenvalue weighted by Crippen LogP contribution is -2.46. The molecule has 192 valence electrons. The maximum Gasteiger partial charge on any atom is 0.267 e. The summed E-state index contributed by atoms with van der Waals surface area (Å²) < 4.78 is 13.1. The van der Waals surface area contributed by atoms with Gasteiger partial charge in [0.05, 0.1) is 29.8 Å². The van der Waals surface area contributed by atoms with Crippen LogP contribution < -0.4 is 15.2 Å². The smallest absolute Gasteiger partial charge is 0.267 e. The lowest BCUT2D eigenvalue weighted by atomic mass is 10.1. The van der Waals surface area contributed by atoms with Crippen LogP contribution in [0.4, 0.5) is 5.82 Å². The molecule has 0 bridgehead atoms. The van der Waals surface area contributed by atoms with Gasteiger partial charge in [0.2, 0.25) is 0 Å². The molecule has 0 aliphatic carbocycles. The minimum Gasteiger partial charge on any atom is -0.497 e. The molecule has 1 amide bonds. The van der Waals surface area contributed by atoms with Crippen LogP contribution in [0, 0.1) is 0 Å². The first-order chi connectivity index (χ1) is 17.8. The van der Waals surface area contributed by atoms with E-state index in [0.29, 0.717) is 52.3 Å². The molecule has 2 aliphatic rings. The zero-order valence-corrected chi connectivity index (χ0v) is 22.6. The van der Waals surface area contributed by atoms with E-state index in [0.717, 1.165) is 11.3 Å². The van der Waals surface area contributed by atoms with Gasteiger partial charge in [0.15, 0.2) is 0 Å². The minimum absolute atomic E-state index is 0.0104. The first-order valence-corrected chi connectivity index (χ1v) is 13.4. The molecular weight excluding hydrogens is 508 g/mol. The van der Waals surface area contributed by atoms with Gasteiger partial charge in [-0.25, -0.2) is 4.98 Å². The maximum absolute atomic E-state index is 13.6. The van der Waals surface area contributed by atoms with E-state index >= 15 is 0 Å². The van der Waals surface area contributed by atoms with Gasteiger partial charge in [-0.3, -0.25) is 18.9 Å². The van der Waals surface area contributed by atoms with E-state index in [-0.39, 0.29) is 23.7 Å². The first-order valence-electron chi connectivity index (χ1n) is 12.1. The standard InChI is InChI=1S/C27H28N4O4S2/c1-17-15-29(16-18(2)35-17)24-21(25(32)30-12-5-4-6-23(30)28-24)14-22-26(33)31(27(36)37-22)13-11-19-7-9-20(34-3)10-8-19/h4-10,12,14,17-18H,11,13,15-16H2,1-3H3/b22-14-. The number of anilines is 1. The summed E-state index contributed by atoms with van der Waals surface area (Å²) in [6, 6.07) is 13.2. The van der Waals surface area contributed by atoms with Crippen LogP contribution in [0.5, 0.6) is 5.75 Å². The topological polar surface area (TPSA) is 76.4 Å². The summed E-state index contributed by atoms with van der Waals surface area (Å²) in [6.07, 6.45) is 3.98. The Morgan fingerprint density at radius 1 is 1.14 bits per heavy atom. The van der Waals surface area contributed by atoms with Crippen molar-refractivity contribution < 1.29 is 14.3 Å². The molecule has 8 nitrogen and oxygen atoms in total. The molecule has 2 unspecified atom stereocenters. The van der Waals surface area contributed by atoms with Gasteiger partial charge < -0.3 is 14.4 Å². The third kappa shape index (κ3) is 5.27. The van der Waals surface area contributed by atoms with Gasteiger partial charge in [0.1, 0.15) is 21.5 Å². The summed E-state index contributed by atoms with van der Waals surface area (Å²) in [6.45, 7) is 5.66. The number of carbonyl (C=O) groups excluding carboxylic acids is 1. The molecule has 37 heavy (non-hydrogen) atoms. The lowest BCUT2D eigenvalue weighted by Gasteiger charge is -2.36. The number of aromatic nitrogens is 2. The van der Waals surface area contributed by atoms with E-state index in [1.165, 1.54) is 16.2 Å². The molecule has 10 heteroatoms.